The Bertz CT molecular complexity index is 937. The Morgan fingerprint density at radius 3 is 2.79 bits per heavy atom. The molecule has 2 aromatic carbocycles. The molecule has 2 aromatic rings. The van der Waals surface area contributed by atoms with Gasteiger partial charge in [-0.15, -0.1) is 0 Å². The highest BCUT2D eigenvalue weighted by Crippen LogP contribution is 2.33. The van der Waals surface area contributed by atoms with Gasteiger partial charge in [0.15, 0.2) is 17.5 Å². The van der Waals surface area contributed by atoms with Gasteiger partial charge in [-0.2, -0.15) is 5.26 Å². The Kier molecular flexibility index (Phi) is 5.68. The van der Waals surface area contributed by atoms with Crippen LogP contribution in [-0.2, 0) is 4.79 Å². The number of nitrogens with one attached hydrogen (secondary N) is 2. The Morgan fingerprint density at radius 1 is 1.17 bits per heavy atom. The SMILES string of the molecule is C[C@@H](C(=O)Nc1ccccc1C#N)[NH+]1CCC[C@@H]1c1ccc2c(c1)OCCCO2. The van der Waals surface area contributed by atoms with Crippen LogP contribution >= 0.6 is 0 Å². The van der Waals surface area contributed by atoms with Gasteiger partial charge >= 0.3 is 0 Å². The number of carbonyl (C=O) groups is 1. The van der Waals surface area contributed by atoms with E-state index in [0.717, 1.165) is 37.3 Å². The fourth-order valence-electron chi connectivity index (χ4n) is 4.26. The van der Waals surface area contributed by atoms with Gasteiger partial charge in [0, 0.05) is 24.8 Å². The zero-order chi connectivity index (χ0) is 20.2. The Hall–Kier alpha value is -3.04. The third-order valence-electron chi connectivity index (χ3n) is 5.83. The number of nitriles is 1. The van der Waals surface area contributed by atoms with Crippen molar-refractivity contribution in [2.75, 3.05) is 25.1 Å². The van der Waals surface area contributed by atoms with E-state index in [4.69, 9.17) is 9.47 Å². The largest absolute Gasteiger partial charge is 0.490 e. The van der Waals surface area contributed by atoms with E-state index in [2.05, 4.69) is 23.5 Å². The molecule has 0 aliphatic carbocycles. The van der Waals surface area contributed by atoms with E-state index in [0.29, 0.717) is 24.5 Å². The van der Waals surface area contributed by atoms with Crippen molar-refractivity contribution in [1.29, 1.82) is 5.26 Å². The number of benzene rings is 2. The molecule has 0 aromatic heterocycles. The zero-order valence-electron chi connectivity index (χ0n) is 16.6. The van der Waals surface area contributed by atoms with Gasteiger partial charge in [-0.05, 0) is 37.3 Å². The maximum absolute atomic E-state index is 12.9. The summed E-state index contributed by atoms with van der Waals surface area (Å²) in [5.41, 5.74) is 2.22. The van der Waals surface area contributed by atoms with Crippen LogP contribution in [0.1, 0.15) is 43.4 Å². The summed E-state index contributed by atoms with van der Waals surface area (Å²) in [5.74, 6) is 1.53. The Morgan fingerprint density at radius 2 is 1.97 bits per heavy atom. The molecule has 1 amide bonds. The summed E-state index contributed by atoms with van der Waals surface area (Å²) >= 11 is 0. The van der Waals surface area contributed by atoms with Gasteiger partial charge in [0.2, 0.25) is 0 Å². The number of likely N-dealkylation sites (tertiary alicyclic amines) is 1. The van der Waals surface area contributed by atoms with Gasteiger partial charge in [-0.1, -0.05) is 12.1 Å². The van der Waals surface area contributed by atoms with Crippen molar-refractivity contribution in [3.05, 3.63) is 53.6 Å². The minimum Gasteiger partial charge on any atom is -0.490 e. The van der Waals surface area contributed by atoms with Crippen LogP contribution in [0.4, 0.5) is 5.69 Å². The number of hydrogen-bond donors (Lipinski definition) is 2. The van der Waals surface area contributed by atoms with E-state index in [-0.39, 0.29) is 18.0 Å². The maximum Gasteiger partial charge on any atom is 0.282 e. The molecule has 29 heavy (non-hydrogen) atoms. The molecular weight excluding hydrogens is 366 g/mol. The van der Waals surface area contributed by atoms with Crippen molar-refractivity contribution in [3.8, 4) is 17.6 Å². The quantitative estimate of drug-likeness (QED) is 0.838. The minimum atomic E-state index is -0.231. The molecule has 1 unspecified atom stereocenters. The van der Waals surface area contributed by atoms with Crippen molar-refractivity contribution in [1.82, 2.24) is 0 Å². The molecule has 2 aliphatic heterocycles. The van der Waals surface area contributed by atoms with Crippen LogP contribution in [0.5, 0.6) is 11.5 Å². The molecule has 0 bridgehead atoms. The summed E-state index contributed by atoms with van der Waals surface area (Å²) in [7, 11) is 0. The monoisotopic (exact) mass is 392 g/mol. The van der Waals surface area contributed by atoms with E-state index < -0.39 is 0 Å². The fraction of sp³-hybridized carbons (Fsp3) is 0.391. The molecule has 0 saturated carbocycles. The molecule has 0 spiro atoms. The molecule has 1 saturated heterocycles. The summed E-state index contributed by atoms with van der Waals surface area (Å²) in [4.78, 5) is 14.2. The lowest BCUT2D eigenvalue weighted by Gasteiger charge is -2.27. The number of anilines is 1. The first-order valence-corrected chi connectivity index (χ1v) is 10.2. The molecule has 2 heterocycles. The zero-order valence-corrected chi connectivity index (χ0v) is 16.6. The molecule has 4 rings (SSSR count). The molecule has 0 radical (unpaired) electrons. The Balaban J connectivity index is 1.51. The molecule has 6 nitrogen and oxygen atoms in total. The molecule has 3 atom stereocenters. The maximum atomic E-state index is 12.9. The van der Waals surface area contributed by atoms with Crippen molar-refractivity contribution >= 4 is 11.6 Å². The number of carbonyl (C=O) groups excluding carboxylic acids is 1. The highest BCUT2D eigenvalue weighted by Gasteiger charge is 2.37. The molecule has 6 heteroatoms. The number of fused-ring (bicyclic) bond motifs is 1. The van der Waals surface area contributed by atoms with Gasteiger partial charge in [-0.25, -0.2) is 0 Å². The first-order chi connectivity index (χ1) is 14.2. The summed E-state index contributed by atoms with van der Waals surface area (Å²) < 4.78 is 11.6. The lowest BCUT2D eigenvalue weighted by molar-refractivity contribution is -0.932. The number of ether oxygens (including phenoxy) is 2. The second-order valence-corrected chi connectivity index (χ2v) is 7.64. The lowest BCUT2D eigenvalue weighted by atomic mass is 10.0. The number of amides is 1. The van der Waals surface area contributed by atoms with Gasteiger partial charge in [0.1, 0.15) is 12.1 Å². The van der Waals surface area contributed by atoms with Crippen LogP contribution < -0.4 is 19.7 Å². The number of quaternary nitrogens is 1. The van der Waals surface area contributed by atoms with Crippen LogP contribution in [0.2, 0.25) is 0 Å². The van der Waals surface area contributed by atoms with Crippen LogP contribution in [0, 0.1) is 11.3 Å². The van der Waals surface area contributed by atoms with Crippen LogP contribution in [0.15, 0.2) is 42.5 Å². The summed E-state index contributed by atoms with van der Waals surface area (Å²) in [6.07, 6.45) is 2.98. The Labute approximate surface area is 171 Å². The molecular formula is C23H26N3O3+. The smallest absolute Gasteiger partial charge is 0.282 e. The molecule has 2 N–H and O–H groups in total. The van der Waals surface area contributed by atoms with Crippen LogP contribution in [0.25, 0.3) is 0 Å². The van der Waals surface area contributed by atoms with E-state index in [9.17, 15) is 10.1 Å². The predicted molar refractivity (Wildman–Crippen MR) is 109 cm³/mol. The fourth-order valence-corrected chi connectivity index (χ4v) is 4.26. The molecule has 2 aliphatic rings. The summed E-state index contributed by atoms with van der Waals surface area (Å²) in [6.45, 7) is 4.23. The van der Waals surface area contributed by atoms with E-state index >= 15 is 0 Å². The average molecular weight is 392 g/mol. The lowest BCUT2D eigenvalue weighted by Crippen LogP contribution is -3.15. The van der Waals surface area contributed by atoms with E-state index in [1.165, 1.54) is 10.5 Å². The molecule has 150 valence electrons. The van der Waals surface area contributed by atoms with Crippen molar-refractivity contribution < 1.29 is 19.2 Å². The van der Waals surface area contributed by atoms with Gasteiger partial charge in [0.05, 0.1) is 31.0 Å². The van der Waals surface area contributed by atoms with Crippen LogP contribution in [0.3, 0.4) is 0 Å². The first kappa shape index (κ1) is 19.3. The van der Waals surface area contributed by atoms with E-state index in [1.54, 1.807) is 18.2 Å². The number of rotatable bonds is 4. The third-order valence-corrected chi connectivity index (χ3v) is 5.83. The standard InChI is InChI=1S/C23H25N3O3/c1-16(23(27)25-19-7-3-2-6-18(19)15-24)26-11-4-8-20(26)17-9-10-21-22(14-17)29-13-5-12-28-21/h2-3,6-7,9-10,14,16,20H,4-5,8,11-13H2,1H3,(H,25,27)/p+1/t16-,20+/m0/s1. The van der Waals surface area contributed by atoms with Gasteiger partial charge < -0.3 is 19.7 Å². The third kappa shape index (κ3) is 4.06. The van der Waals surface area contributed by atoms with Crippen LogP contribution in [-0.4, -0.2) is 31.7 Å². The second kappa shape index (κ2) is 8.54. The molecule has 1 fully saturated rings. The van der Waals surface area contributed by atoms with Gasteiger partial charge in [0.25, 0.3) is 5.91 Å². The van der Waals surface area contributed by atoms with Crippen molar-refractivity contribution in [2.24, 2.45) is 0 Å². The average Bonchev–Trinajstić information content (AvgIpc) is 3.12. The second-order valence-electron chi connectivity index (χ2n) is 7.64. The minimum absolute atomic E-state index is 0.0658. The number of hydrogen-bond acceptors (Lipinski definition) is 4. The first-order valence-electron chi connectivity index (χ1n) is 10.2. The number of para-hydroxylation sites is 1. The predicted octanol–water partition coefficient (Wildman–Crippen LogP) is 2.47. The summed E-state index contributed by atoms with van der Waals surface area (Å²) in [6, 6.07) is 15.4. The topological polar surface area (TPSA) is 75.8 Å². The highest BCUT2D eigenvalue weighted by molar-refractivity contribution is 5.94. The summed E-state index contributed by atoms with van der Waals surface area (Å²) in [5, 5.41) is 12.2. The van der Waals surface area contributed by atoms with Gasteiger partial charge in [-0.3, -0.25) is 4.79 Å². The normalized spacial score (nSPS) is 21.7. The number of nitrogens with zero attached hydrogens (tertiary/aromatic N) is 1. The van der Waals surface area contributed by atoms with Crippen molar-refractivity contribution in [2.45, 2.75) is 38.3 Å². The van der Waals surface area contributed by atoms with E-state index in [1.807, 2.05) is 19.1 Å². The highest BCUT2D eigenvalue weighted by atomic mass is 16.5. The van der Waals surface area contributed by atoms with Crippen molar-refractivity contribution in [3.63, 3.8) is 0 Å².